The molecule has 2 atom stereocenters. The molecular formula is C13H10N2O4. The van der Waals surface area contributed by atoms with Crippen molar-refractivity contribution in [1.29, 1.82) is 0 Å². The fourth-order valence-corrected chi connectivity index (χ4v) is 2.09. The Balaban J connectivity index is 2.08. The van der Waals surface area contributed by atoms with Gasteiger partial charge < -0.3 is 0 Å². The molecule has 0 aromatic heterocycles. The molecular weight excluding hydrogens is 248 g/mol. The van der Waals surface area contributed by atoms with Gasteiger partial charge in [-0.15, -0.1) is 0 Å². The lowest BCUT2D eigenvalue weighted by molar-refractivity contribution is -0.136. The predicted octanol–water partition coefficient (Wildman–Crippen LogP) is 0.0878. The number of carbonyl (C=O) groups excluding carboxylic acids is 4. The molecule has 2 heterocycles. The van der Waals surface area contributed by atoms with E-state index >= 15 is 0 Å². The number of fused-ring (bicyclic) bond motifs is 1. The van der Waals surface area contributed by atoms with E-state index in [1.807, 2.05) is 5.32 Å². The zero-order valence-electron chi connectivity index (χ0n) is 12.5. The average Bonchev–Trinajstić information content (AvgIpc) is 2.71. The Bertz CT molecular complexity index is 699. The van der Waals surface area contributed by atoms with Crippen molar-refractivity contribution >= 4 is 23.6 Å². The number of nitrogens with one attached hydrogen (secondary N) is 1. The quantitative estimate of drug-likeness (QED) is 0.726. The molecule has 4 amide bonds. The number of rotatable bonds is 1. The third-order valence-electron chi connectivity index (χ3n) is 2.95. The Morgan fingerprint density at radius 3 is 2.26 bits per heavy atom. The minimum atomic E-state index is -2.67. The first-order valence-corrected chi connectivity index (χ1v) is 5.50. The second-order valence-corrected chi connectivity index (χ2v) is 4.09. The number of piperidine rings is 1. The van der Waals surface area contributed by atoms with Gasteiger partial charge in [-0.05, 0) is 18.5 Å². The van der Waals surface area contributed by atoms with Gasteiger partial charge >= 0.3 is 0 Å². The monoisotopic (exact) mass is 261 g/mol. The maximum absolute atomic E-state index is 12.3. The van der Waals surface area contributed by atoms with E-state index in [4.69, 9.17) is 4.11 Å². The zero-order chi connectivity index (χ0) is 16.2. The van der Waals surface area contributed by atoms with Crippen LogP contribution in [-0.2, 0) is 9.59 Å². The highest BCUT2D eigenvalue weighted by Gasteiger charge is 2.44. The standard InChI is InChI=1S/C13H10N2O4/c16-10-6-5-9(11(17)14-10)15-12(18)7-3-1-2-4-8(7)13(15)19/h1-4,9H,5-6H2,(H,14,16,17)/i5D2,6D. The molecule has 96 valence electrons. The summed E-state index contributed by atoms with van der Waals surface area (Å²) in [6.45, 7) is 0. The number of nitrogens with zero attached hydrogens (tertiary/aromatic N) is 1. The number of carbonyl (C=O) groups is 4. The van der Waals surface area contributed by atoms with Gasteiger partial charge in [0.05, 0.1) is 11.1 Å². The Morgan fingerprint density at radius 2 is 1.68 bits per heavy atom. The molecule has 1 saturated heterocycles. The molecule has 2 unspecified atom stereocenters. The average molecular weight is 261 g/mol. The van der Waals surface area contributed by atoms with Gasteiger partial charge in [-0.25, -0.2) is 0 Å². The number of imide groups is 2. The molecule has 1 aromatic rings. The first kappa shape index (κ1) is 8.58. The smallest absolute Gasteiger partial charge is 0.262 e. The van der Waals surface area contributed by atoms with Crippen LogP contribution in [0.5, 0.6) is 0 Å². The normalized spacial score (nSPS) is 31.4. The van der Waals surface area contributed by atoms with E-state index in [1.165, 1.54) is 12.1 Å². The highest BCUT2D eigenvalue weighted by molar-refractivity contribution is 6.23. The molecule has 1 aromatic carbocycles. The molecule has 0 bridgehead atoms. The van der Waals surface area contributed by atoms with Crippen molar-refractivity contribution in [2.45, 2.75) is 18.8 Å². The van der Waals surface area contributed by atoms with Crippen molar-refractivity contribution in [2.24, 2.45) is 0 Å². The summed E-state index contributed by atoms with van der Waals surface area (Å²) in [5.41, 5.74) is 0.129. The number of benzene rings is 1. The van der Waals surface area contributed by atoms with Crippen LogP contribution in [0.25, 0.3) is 0 Å². The number of hydrogen-bond acceptors (Lipinski definition) is 4. The van der Waals surface area contributed by atoms with Crippen LogP contribution in [-0.4, -0.2) is 34.6 Å². The third kappa shape index (κ3) is 1.64. The molecule has 1 fully saturated rings. The second-order valence-electron chi connectivity index (χ2n) is 4.09. The van der Waals surface area contributed by atoms with Crippen LogP contribution in [0.2, 0.25) is 0 Å². The lowest BCUT2D eigenvalue weighted by Gasteiger charge is -2.27. The summed E-state index contributed by atoms with van der Waals surface area (Å²) in [5, 5.41) is 1.83. The van der Waals surface area contributed by atoms with Crippen molar-refractivity contribution in [2.75, 3.05) is 0 Å². The van der Waals surface area contributed by atoms with Crippen LogP contribution in [0.3, 0.4) is 0 Å². The molecule has 19 heavy (non-hydrogen) atoms. The minimum absolute atomic E-state index is 0.0644. The lowest BCUT2D eigenvalue weighted by Crippen LogP contribution is -2.54. The van der Waals surface area contributed by atoms with E-state index in [-0.39, 0.29) is 11.1 Å². The first-order chi connectivity index (χ1) is 10.3. The summed E-state index contributed by atoms with van der Waals surface area (Å²) in [7, 11) is 0. The van der Waals surface area contributed by atoms with Gasteiger partial charge in [0.1, 0.15) is 6.04 Å². The number of amides is 4. The summed E-state index contributed by atoms with van der Waals surface area (Å²) in [6, 6.07) is 4.02. The topological polar surface area (TPSA) is 83.6 Å². The van der Waals surface area contributed by atoms with Crippen molar-refractivity contribution < 1.29 is 23.3 Å². The molecule has 0 saturated carbocycles. The Hall–Kier alpha value is -2.50. The molecule has 2 aliphatic heterocycles. The molecule has 6 nitrogen and oxygen atoms in total. The van der Waals surface area contributed by atoms with Crippen LogP contribution in [0.1, 0.15) is 37.6 Å². The third-order valence-corrected chi connectivity index (χ3v) is 2.95. The van der Waals surface area contributed by atoms with Crippen molar-refractivity contribution in [1.82, 2.24) is 10.2 Å². The largest absolute Gasteiger partial charge is 0.295 e. The minimum Gasteiger partial charge on any atom is -0.295 e. The Morgan fingerprint density at radius 1 is 1.11 bits per heavy atom. The molecule has 0 radical (unpaired) electrons. The van der Waals surface area contributed by atoms with Crippen LogP contribution in [0.4, 0.5) is 0 Å². The van der Waals surface area contributed by atoms with Gasteiger partial charge in [-0.3, -0.25) is 29.4 Å². The maximum Gasteiger partial charge on any atom is 0.262 e. The summed E-state index contributed by atoms with van der Waals surface area (Å²) < 4.78 is 23.3. The summed E-state index contributed by atoms with van der Waals surface area (Å²) >= 11 is 0. The summed E-state index contributed by atoms with van der Waals surface area (Å²) in [4.78, 5) is 48.6. The van der Waals surface area contributed by atoms with Gasteiger partial charge in [0.15, 0.2) is 0 Å². The second kappa shape index (κ2) is 4.01. The predicted molar refractivity (Wildman–Crippen MR) is 63.1 cm³/mol. The van der Waals surface area contributed by atoms with Crippen LogP contribution < -0.4 is 5.32 Å². The number of hydrogen-bond donors (Lipinski definition) is 1. The Labute approximate surface area is 112 Å². The molecule has 3 rings (SSSR count). The fraction of sp³-hybridized carbons (Fsp3) is 0.231. The van der Waals surface area contributed by atoms with Crippen molar-refractivity contribution in [3.63, 3.8) is 0 Å². The van der Waals surface area contributed by atoms with Gasteiger partial charge in [0.25, 0.3) is 11.8 Å². The molecule has 2 aliphatic rings. The van der Waals surface area contributed by atoms with E-state index in [1.54, 1.807) is 12.1 Å². The summed E-state index contributed by atoms with van der Waals surface area (Å²) in [6.07, 6.45) is -4.59. The van der Waals surface area contributed by atoms with Crippen molar-refractivity contribution in [3.8, 4) is 0 Å². The van der Waals surface area contributed by atoms with E-state index in [9.17, 15) is 19.2 Å². The SMILES string of the molecule is [2H]C1C(=O)NC(=O)C(N2C(=O)c3ccccc3C2=O)C1([2H])[2H]. The highest BCUT2D eigenvalue weighted by Crippen LogP contribution is 2.26. The first-order valence-electron chi connectivity index (χ1n) is 7.08. The lowest BCUT2D eigenvalue weighted by atomic mass is 10.0. The van der Waals surface area contributed by atoms with E-state index in [2.05, 4.69) is 0 Å². The zero-order valence-corrected chi connectivity index (χ0v) is 9.54. The molecule has 0 spiro atoms. The van der Waals surface area contributed by atoms with Crippen LogP contribution in [0, 0.1) is 0 Å². The molecule has 1 N–H and O–H groups in total. The van der Waals surface area contributed by atoms with E-state index in [0.29, 0.717) is 4.90 Å². The summed E-state index contributed by atoms with van der Waals surface area (Å²) in [5.74, 6) is -3.83. The highest BCUT2D eigenvalue weighted by atomic mass is 16.2. The van der Waals surface area contributed by atoms with Crippen molar-refractivity contribution in [3.05, 3.63) is 35.4 Å². The molecule has 6 heteroatoms. The van der Waals surface area contributed by atoms with Gasteiger partial charge in [0.2, 0.25) is 11.8 Å². The van der Waals surface area contributed by atoms with Crippen LogP contribution >= 0.6 is 0 Å². The maximum atomic E-state index is 12.3. The Kier molecular flexibility index (Phi) is 1.81. The van der Waals surface area contributed by atoms with Gasteiger partial charge in [-0.1, -0.05) is 12.1 Å². The fourth-order valence-electron chi connectivity index (χ4n) is 2.09. The van der Waals surface area contributed by atoms with E-state index < -0.39 is 42.4 Å². The van der Waals surface area contributed by atoms with Crippen LogP contribution in [0.15, 0.2) is 24.3 Å². The van der Waals surface area contributed by atoms with E-state index in [0.717, 1.165) is 0 Å². The van der Waals surface area contributed by atoms with Gasteiger partial charge in [0, 0.05) is 10.5 Å². The molecule has 0 aliphatic carbocycles. The van der Waals surface area contributed by atoms with Gasteiger partial charge in [-0.2, -0.15) is 0 Å².